The highest BCUT2D eigenvalue weighted by Gasteiger charge is 2.36. The molecule has 1 heterocycles. The number of rotatable bonds is 2. The first-order valence-electron chi connectivity index (χ1n) is 6.48. The van der Waals surface area contributed by atoms with Gasteiger partial charge in [0.05, 0.1) is 12.3 Å². The molecule has 2 aromatic carbocycles. The van der Waals surface area contributed by atoms with Gasteiger partial charge >= 0.3 is 15.2 Å². The quantitative estimate of drug-likeness (QED) is 0.758. The summed E-state index contributed by atoms with van der Waals surface area (Å²) in [5.41, 5.74) is 1.63. The summed E-state index contributed by atoms with van der Waals surface area (Å²) in [7, 11) is -4.45. The number of benzene rings is 2. The molecule has 0 aliphatic carbocycles. The Hall–Kier alpha value is -0.960. The van der Waals surface area contributed by atoms with Gasteiger partial charge < -0.3 is 9.05 Å². The maximum absolute atomic E-state index is 12.7. The van der Waals surface area contributed by atoms with Crippen molar-refractivity contribution in [2.75, 3.05) is 14.2 Å². The molecule has 2 atom stereocenters. The van der Waals surface area contributed by atoms with Crippen molar-refractivity contribution < 1.29 is 22.5 Å². The second kappa shape index (κ2) is 5.35. The van der Waals surface area contributed by atoms with Gasteiger partial charge in [0.25, 0.3) is 0 Å². The standard InChI is InChI=1S/C14H16O5P2/c1-17-20(15)9-11-3-5-13-6-4-12(8-14(13)7-11)10-21(16,18-2)19-20/h3-8H,9-10H2,1-2H3. The third-order valence-corrected chi connectivity index (χ3v) is 8.13. The van der Waals surface area contributed by atoms with Gasteiger partial charge in [-0.2, -0.15) is 0 Å². The van der Waals surface area contributed by atoms with Crippen LogP contribution in [0.5, 0.6) is 0 Å². The average molecular weight is 326 g/mol. The summed E-state index contributed by atoms with van der Waals surface area (Å²) >= 11 is 0. The Kier molecular flexibility index (Phi) is 3.81. The summed E-state index contributed by atoms with van der Waals surface area (Å²) in [5, 5.41) is 2.08. The van der Waals surface area contributed by atoms with Crippen molar-refractivity contribution in [1.29, 1.82) is 0 Å². The number of hydrogen-bond acceptors (Lipinski definition) is 5. The van der Waals surface area contributed by atoms with E-state index in [2.05, 4.69) is 0 Å². The van der Waals surface area contributed by atoms with Gasteiger partial charge in [-0.15, -0.1) is 0 Å². The predicted octanol–water partition coefficient (Wildman–Crippen LogP) is 4.55. The van der Waals surface area contributed by atoms with Gasteiger partial charge in [0, 0.05) is 14.2 Å². The molecule has 0 spiro atoms. The van der Waals surface area contributed by atoms with Crippen LogP contribution >= 0.6 is 15.2 Å². The van der Waals surface area contributed by atoms with Gasteiger partial charge in [-0.25, -0.2) is 4.31 Å². The molecule has 2 aromatic rings. The zero-order valence-electron chi connectivity index (χ0n) is 11.8. The van der Waals surface area contributed by atoms with Gasteiger partial charge in [0.2, 0.25) is 0 Å². The lowest BCUT2D eigenvalue weighted by Crippen LogP contribution is -2.01. The maximum atomic E-state index is 12.7. The first-order chi connectivity index (χ1) is 9.95. The van der Waals surface area contributed by atoms with Crippen molar-refractivity contribution in [3.8, 4) is 0 Å². The molecule has 3 bridgehead atoms. The minimum Gasteiger partial charge on any atom is -0.311 e. The van der Waals surface area contributed by atoms with E-state index in [1.165, 1.54) is 14.2 Å². The van der Waals surface area contributed by atoms with Crippen molar-refractivity contribution in [1.82, 2.24) is 0 Å². The molecule has 112 valence electrons. The molecular weight excluding hydrogens is 310 g/mol. The highest BCUT2D eigenvalue weighted by molar-refractivity contribution is 7.66. The molecule has 2 unspecified atom stereocenters. The SMILES string of the molecule is COP1(=O)Cc2ccc3ccc(cc3c2)CP(=O)(OC)O1. The maximum Gasteiger partial charge on any atom is 0.341 e. The van der Waals surface area contributed by atoms with Crippen LogP contribution in [0.25, 0.3) is 10.8 Å². The molecule has 5 nitrogen and oxygen atoms in total. The first kappa shape index (κ1) is 15.0. The molecule has 3 rings (SSSR count). The van der Waals surface area contributed by atoms with Crippen molar-refractivity contribution in [2.24, 2.45) is 0 Å². The van der Waals surface area contributed by atoms with Crippen LogP contribution in [0.4, 0.5) is 0 Å². The summed E-state index contributed by atoms with van der Waals surface area (Å²) < 4.78 is 40.8. The van der Waals surface area contributed by atoms with Gasteiger partial charge in [-0.1, -0.05) is 36.4 Å². The highest BCUT2D eigenvalue weighted by Crippen LogP contribution is 2.67. The van der Waals surface area contributed by atoms with Crippen LogP contribution < -0.4 is 0 Å². The second-order valence-corrected chi connectivity index (χ2v) is 9.46. The fourth-order valence-corrected chi connectivity index (χ4v) is 6.49. The molecule has 0 amide bonds. The average Bonchev–Trinajstić information content (AvgIpc) is 2.46. The molecule has 7 heteroatoms. The van der Waals surface area contributed by atoms with E-state index in [0.29, 0.717) is 0 Å². The fraction of sp³-hybridized carbons (Fsp3) is 0.286. The van der Waals surface area contributed by atoms with Crippen LogP contribution in [-0.2, 0) is 34.8 Å². The lowest BCUT2D eigenvalue weighted by atomic mass is 10.1. The topological polar surface area (TPSA) is 61.8 Å². The summed E-state index contributed by atoms with van der Waals surface area (Å²) in [4.78, 5) is 0. The Morgan fingerprint density at radius 1 is 0.857 bits per heavy atom. The van der Waals surface area contributed by atoms with E-state index >= 15 is 0 Å². The first-order valence-corrected chi connectivity index (χ1v) is 9.93. The number of fused-ring (bicyclic) bond motifs is 2. The molecule has 0 saturated heterocycles. The highest BCUT2D eigenvalue weighted by atomic mass is 31.3. The van der Waals surface area contributed by atoms with Crippen LogP contribution in [0.2, 0.25) is 0 Å². The van der Waals surface area contributed by atoms with Crippen molar-refractivity contribution in [3.63, 3.8) is 0 Å². The normalized spacial score (nSPS) is 29.0. The molecule has 21 heavy (non-hydrogen) atoms. The van der Waals surface area contributed by atoms with Crippen LogP contribution in [0.15, 0.2) is 36.4 Å². The van der Waals surface area contributed by atoms with Gasteiger partial charge in [-0.3, -0.25) is 9.13 Å². The van der Waals surface area contributed by atoms with E-state index in [4.69, 9.17) is 13.4 Å². The summed E-state index contributed by atoms with van der Waals surface area (Å²) in [5.74, 6) is 0. The molecule has 0 saturated carbocycles. The van der Waals surface area contributed by atoms with E-state index in [-0.39, 0.29) is 12.3 Å². The van der Waals surface area contributed by atoms with Gasteiger partial charge in [-0.05, 0) is 21.9 Å². The Morgan fingerprint density at radius 2 is 1.33 bits per heavy atom. The smallest absolute Gasteiger partial charge is 0.311 e. The molecule has 0 N–H and O–H groups in total. The van der Waals surface area contributed by atoms with Crippen LogP contribution in [-0.4, -0.2) is 14.2 Å². The number of hydrogen-bond donors (Lipinski definition) is 0. The summed E-state index contributed by atoms with van der Waals surface area (Å²) in [6.45, 7) is 0. The molecular formula is C14H16O5P2. The van der Waals surface area contributed by atoms with E-state index in [0.717, 1.165) is 21.9 Å². The summed E-state index contributed by atoms with van der Waals surface area (Å²) in [6.07, 6.45) is 0.133. The van der Waals surface area contributed by atoms with Crippen molar-refractivity contribution >= 4 is 26.0 Å². The zero-order chi connectivity index (χ0) is 15.1. The van der Waals surface area contributed by atoms with Gasteiger partial charge in [0.15, 0.2) is 0 Å². The minimum absolute atomic E-state index is 0.0665. The van der Waals surface area contributed by atoms with E-state index in [1.807, 2.05) is 36.4 Å². The largest absolute Gasteiger partial charge is 0.341 e. The second-order valence-electron chi connectivity index (χ2n) is 5.00. The van der Waals surface area contributed by atoms with Gasteiger partial charge in [0.1, 0.15) is 0 Å². The van der Waals surface area contributed by atoms with E-state index in [1.54, 1.807) is 0 Å². The molecule has 1 aliphatic heterocycles. The fourth-order valence-electron chi connectivity index (χ4n) is 2.43. The third-order valence-electron chi connectivity index (χ3n) is 3.53. The predicted molar refractivity (Wildman–Crippen MR) is 81.7 cm³/mol. The zero-order valence-corrected chi connectivity index (χ0v) is 13.6. The van der Waals surface area contributed by atoms with Crippen LogP contribution in [0, 0.1) is 0 Å². The molecule has 0 radical (unpaired) electrons. The van der Waals surface area contributed by atoms with Crippen LogP contribution in [0.1, 0.15) is 11.1 Å². The summed E-state index contributed by atoms with van der Waals surface area (Å²) in [6, 6.07) is 11.6. The lowest BCUT2D eigenvalue weighted by molar-refractivity contribution is 0.275. The molecule has 0 fully saturated rings. The Labute approximate surface area is 123 Å². The Bertz CT molecular complexity index is 725. The third kappa shape index (κ3) is 2.98. The van der Waals surface area contributed by atoms with E-state index in [9.17, 15) is 9.13 Å². The lowest BCUT2D eigenvalue weighted by Gasteiger charge is -2.23. The van der Waals surface area contributed by atoms with Crippen molar-refractivity contribution in [3.05, 3.63) is 47.5 Å². The Balaban J connectivity index is 2.21. The molecule has 1 aliphatic rings. The minimum atomic E-state index is -3.52. The van der Waals surface area contributed by atoms with Crippen LogP contribution in [0.3, 0.4) is 0 Å². The molecule has 0 aromatic heterocycles. The van der Waals surface area contributed by atoms with E-state index < -0.39 is 15.2 Å². The monoisotopic (exact) mass is 326 g/mol. The Morgan fingerprint density at radius 3 is 1.76 bits per heavy atom. The van der Waals surface area contributed by atoms with Crippen molar-refractivity contribution in [2.45, 2.75) is 12.3 Å².